The summed E-state index contributed by atoms with van der Waals surface area (Å²) in [5.41, 5.74) is 5.15. The minimum absolute atomic E-state index is 0.0876. The number of hydrogen-bond donors (Lipinski definition) is 5. The first-order valence-electron chi connectivity index (χ1n) is 9.05. The van der Waals surface area contributed by atoms with Gasteiger partial charge >= 0.3 is 0 Å². The van der Waals surface area contributed by atoms with Crippen LogP contribution in [0.25, 0.3) is 11.6 Å². The van der Waals surface area contributed by atoms with Crippen molar-refractivity contribution >= 4 is 35.1 Å². The molecule has 0 spiro atoms. The molecule has 3 amide bonds. The van der Waals surface area contributed by atoms with Gasteiger partial charge in [-0.05, 0) is 50.1 Å². The molecule has 0 bridgehead atoms. The summed E-state index contributed by atoms with van der Waals surface area (Å²) in [6.45, 7) is 3.76. The van der Waals surface area contributed by atoms with Gasteiger partial charge in [0, 0.05) is 35.6 Å². The minimum Gasteiger partial charge on any atom is -0.358 e. The maximum absolute atomic E-state index is 13.6. The third-order valence-electron chi connectivity index (χ3n) is 4.75. The lowest BCUT2D eigenvalue weighted by Gasteiger charge is -2.05. The van der Waals surface area contributed by atoms with Crippen molar-refractivity contribution < 1.29 is 24.0 Å². The van der Waals surface area contributed by atoms with E-state index in [4.69, 9.17) is 5.21 Å². The number of H-pyrrole nitrogens is 1. The number of aryl methyl sites for hydroxylation is 1. The summed E-state index contributed by atoms with van der Waals surface area (Å²) in [4.78, 5) is 38.9. The van der Waals surface area contributed by atoms with Crippen LogP contribution in [0.15, 0.2) is 18.2 Å². The molecular weight excluding hydrogens is 379 g/mol. The van der Waals surface area contributed by atoms with E-state index >= 15 is 0 Å². The average Bonchev–Trinajstić information content (AvgIpc) is 3.14. The number of benzene rings is 1. The number of carbonyl (C=O) groups is 3. The highest BCUT2D eigenvalue weighted by Crippen LogP contribution is 2.34. The standard InChI is InChI=1S/C20H21FN4O4/c1-10-16(9-14-13-8-12(21)5-6-15(13)24-19(14)27)23-11(2)18(10)20(28)22-7-3-4-17(26)25-29/h5-6,8-9,23,29H,3-4,7H2,1-2H3,(H,22,28)(H,24,27)(H,25,26)/b14-9-. The molecule has 1 aromatic carbocycles. The molecule has 29 heavy (non-hydrogen) atoms. The third kappa shape index (κ3) is 4.19. The van der Waals surface area contributed by atoms with Gasteiger partial charge in [-0.25, -0.2) is 9.87 Å². The Morgan fingerprint density at radius 2 is 2.03 bits per heavy atom. The van der Waals surface area contributed by atoms with Crippen LogP contribution in [-0.4, -0.2) is 34.5 Å². The van der Waals surface area contributed by atoms with Crippen LogP contribution in [0.5, 0.6) is 0 Å². The average molecular weight is 400 g/mol. The normalized spacial score (nSPS) is 13.9. The van der Waals surface area contributed by atoms with Gasteiger partial charge < -0.3 is 15.6 Å². The highest BCUT2D eigenvalue weighted by molar-refractivity contribution is 6.34. The molecule has 9 heteroatoms. The molecule has 0 unspecified atom stereocenters. The molecule has 1 aliphatic heterocycles. The lowest BCUT2D eigenvalue weighted by Crippen LogP contribution is -2.27. The van der Waals surface area contributed by atoms with Gasteiger partial charge in [0.2, 0.25) is 5.91 Å². The molecule has 1 aromatic heterocycles. The van der Waals surface area contributed by atoms with Crippen molar-refractivity contribution in [2.45, 2.75) is 26.7 Å². The molecule has 0 saturated carbocycles. The molecule has 8 nitrogen and oxygen atoms in total. The van der Waals surface area contributed by atoms with Crippen LogP contribution < -0.4 is 16.1 Å². The predicted octanol–water partition coefficient (Wildman–Crippen LogP) is 2.28. The molecule has 2 heterocycles. The van der Waals surface area contributed by atoms with Crippen LogP contribution in [0, 0.1) is 19.7 Å². The van der Waals surface area contributed by atoms with Gasteiger partial charge in [-0.3, -0.25) is 19.6 Å². The largest absolute Gasteiger partial charge is 0.358 e. The Hall–Kier alpha value is -3.46. The molecule has 0 atom stereocenters. The molecule has 0 fully saturated rings. The number of hydrogen-bond acceptors (Lipinski definition) is 4. The van der Waals surface area contributed by atoms with E-state index in [-0.39, 0.29) is 24.8 Å². The van der Waals surface area contributed by atoms with Gasteiger partial charge in [0.05, 0.1) is 11.1 Å². The minimum atomic E-state index is -0.520. The van der Waals surface area contributed by atoms with Crippen LogP contribution in [0.1, 0.15) is 45.7 Å². The quantitative estimate of drug-likeness (QED) is 0.221. The number of halogens is 1. The topological polar surface area (TPSA) is 123 Å². The highest BCUT2D eigenvalue weighted by atomic mass is 19.1. The summed E-state index contributed by atoms with van der Waals surface area (Å²) in [6.07, 6.45) is 2.07. The van der Waals surface area contributed by atoms with E-state index in [9.17, 15) is 18.8 Å². The predicted molar refractivity (Wildman–Crippen MR) is 105 cm³/mol. The van der Waals surface area contributed by atoms with E-state index in [0.717, 1.165) is 0 Å². The number of nitrogens with one attached hydrogen (secondary N) is 4. The van der Waals surface area contributed by atoms with Crippen molar-refractivity contribution in [3.63, 3.8) is 0 Å². The summed E-state index contributed by atoms with van der Waals surface area (Å²) in [5, 5.41) is 13.9. The Morgan fingerprint density at radius 1 is 1.28 bits per heavy atom. The van der Waals surface area contributed by atoms with Gasteiger partial charge in [-0.15, -0.1) is 0 Å². The molecule has 5 N–H and O–H groups in total. The number of amides is 3. The van der Waals surface area contributed by atoms with Gasteiger partial charge in [-0.2, -0.15) is 0 Å². The summed E-state index contributed by atoms with van der Waals surface area (Å²) in [7, 11) is 0. The van der Waals surface area contributed by atoms with Crippen molar-refractivity contribution in [1.82, 2.24) is 15.8 Å². The Bertz CT molecular complexity index is 1030. The number of aromatic amines is 1. The summed E-state index contributed by atoms with van der Waals surface area (Å²) < 4.78 is 13.6. The summed E-state index contributed by atoms with van der Waals surface area (Å²) in [6, 6.07) is 4.07. The second-order valence-electron chi connectivity index (χ2n) is 6.76. The van der Waals surface area contributed by atoms with Gasteiger partial charge in [0.1, 0.15) is 5.82 Å². The fourth-order valence-electron chi connectivity index (χ4n) is 3.30. The van der Waals surface area contributed by atoms with Gasteiger partial charge in [-0.1, -0.05) is 0 Å². The molecular formula is C20H21FN4O4. The van der Waals surface area contributed by atoms with Crippen LogP contribution in [0.3, 0.4) is 0 Å². The van der Waals surface area contributed by atoms with Crippen LogP contribution in [0.2, 0.25) is 0 Å². The lowest BCUT2D eigenvalue weighted by atomic mass is 10.0. The fraction of sp³-hybridized carbons (Fsp3) is 0.250. The zero-order chi connectivity index (χ0) is 21.1. The van der Waals surface area contributed by atoms with Crippen molar-refractivity contribution in [3.05, 3.63) is 52.1 Å². The lowest BCUT2D eigenvalue weighted by molar-refractivity contribution is -0.129. The fourth-order valence-corrected chi connectivity index (χ4v) is 3.30. The number of fused-ring (bicyclic) bond motifs is 1. The Morgan fingerprint density at radius 3 is 2.76 bits per heavy atom. The molecule has 0 radical (unpaired) electrons. The van der Waals surface area contributed by atoms with Crippen molar-refractivity contribution in [1.29, 1.82) is 0 Å². The Kier molecular flexibility index (Phi) is 5.79. The van der Waals surface area contributed by atoms with Gasteiger partial charge in [0.15, 0.2) is 0 Å². The van der Waals surface area contributed by atoms with Crippen molar-refractivity contribution in [2.24, 2.45) is 0 Å². The summed E-state index contributed by atoms with van der Waals surface area (Å²) in [5.74, 6) is -1.62. The smallest absolute Gasteiger partial charge is 0.256 e. The molecule has 0 saturated heterocycles. The molecule has 152 valence electrons. The summed E-state index contributed by atoms with van der Waals surface area (Å²) >= 11 is 0. The maximum atomic E-state index is 13.6. The number of aromatic nitrogens is 1. The number of hydroxylamine groups is 1. The molecule has 1 aliphatic rings. The maximum Gasteiger partial charge on any atom is 0.256 e. The zero-order valence-electron chi connectivity index (χ0n) is 16.0. The second-order valence-corrected chi connectivity index (χ2v) is 6.76. The monoisotopic (exact) mass is 400 g/mol. The number of rotatable bonds is 6. The van der Waals surface area contributed by atoms with Crippen molar-refractivity contribution in [3.8, 4) is 0 Å². The molecule has 0 aliphatic carbocycles. The highest BCUT2D eigenvalue weighted by Gasteiger charge is 2.26. The SMILES string of the molecule is Cc1[nH]c(/C=C2\C(=O)Nc3ccc(F)cc32)c(C)c1C(=O)NCCCC(=O)NO. The van der Waals surface area contributed by atoms with E-state index in [1.54, 1.807) is 19.9 Å². The first-order valence-corrected chi connectivity index (χ1v) is 9.05. The third-order valence-corrected chi connectivity index (χ3v) is 4.75. The molecule has 2 aromatic rings. The second kappa shape index (κ2) is 8.27. The molecule has 3 rings (SSSR count). The Balaban J connectivity index is 1.81. The number of anilines is 1. The Labute approximate surface area is 166 Å². The van der Waals surface area contributed by atoms with E-state index < -0.39 is 11.7 Å². The first-order chi connectivity index (χ1) is 13.8. The first kappa shape index (κ1) is 20.3. The van der Waals surface area contributed by atoms with Gasteiger partial charge in [0.25, 0.3) is 11.8 Å². The van der Waals surface area contributed by atoms with Crippen LogP contribution >= 0.6 is 0 Å². The number of carbonyl (C=O) groups excluding carboxylic acids is 3. The van der Waals surface area contributed by atoms with Crippen molar-refractivity contribution in [2.75, 3.05) is 11.9 Å². The van der Waals surface area contributed by atoms with E-state index in [1.165, 1.54) is 23.7 Å². The zero-order valence-corrected chi connectivity index (χ0v) is 16.0. The van der Waals surface area contributed by atoms with E-state index in [0.29, 0.717) is 45.8 Å². The van der Waals surface area contributed by atoms with Crippen LogP contribution in [-0.2, 0) is 9.59 Å². The van der Waals surface area contributed by atoms with E-state index in [2.05, 4.69) is 15.6 Å². The van der Waals surface area contributed by atoms with E-state index in [1.807, 2.05) is 0 Å². The van der Waals surface area contributed by atoms with Crippen LogP contribution in [0.4, 0.5) is 10.1 Å².